The van der Waals surface area contributed by atoms with Crippen molar-refractivity contribution in [1.82, 2.24) is 0 Å². The topological polar surface area (TPSA) is 66.4 Å². The first kappa shape index (κ1) is 19.6. The number of benzene rings is 3. The van der Waals surface area contributed by atoms with Crippen molar-refractivity contribution in [3.8, 4) is 5.75 Å². The third-order valence-corrected chi connectivity index (χ3v) is 5.26. The summed E-state index contributed by atoms with van der Waals surface area (Å²) in [6.07, 6.45) is -4.59. The van der Waals surface area contributed by atoms with Crippen molar-refractivity contribution in [3.63, 3.8) is 0 Å². The van der Waals surface area contributed by atoms with E-state index in [1.165, 1.54) is 66.7 Å². The van der Waals surface area contributed by atoms with Crippen LogP contribution in [0.15, 0.2) is 82.6 Å². The minimum absolute atomic E-state index is 0.0481. The SMILES string of the molecule is O=C(Nc1ccccc1C(F)(F)F)c1ccc(S(=O)c2ccc(O)cc2)cc1. The van der Waals surface area contributed by atoms with E-state index in [2.05, 4.69) is 5.32 Å². The van der Waals surface area contributed by atoms with Gasteiger partial charge in [0.2, 0.25) is 0 Å². The second-order valence-electron chi connectivity index (χ2n) is 5.78. The summed E-state index contributed by atoms with van der Waals surface area (Å²) in [4.78, 5) is 13.2. The fourth-order valence-corrected chi connectivity index (χ4v) is 3.51. The van der Waals surface area contributed by atoms with Gasteiger partial charge in [-0.05, 0) is 60.7 Å². The Morgan fingerprint density at radius 1 is 0.857 bits per heavy atom. The van der Waals surface area contributed by atoms with E-state index >= 15 is 0 Å². The standard InChI is InChI=1S/C20H14F3NO3S/c21-20(22,23)17-3-1-2-4-18(17)24-19(26)13-5-9-15(10-6-13)28(27)16-11-7-14(25)8-12-16/h1-12,25H,(H,24,26). The zero-order chi connectivity index (χ0) is 20.3. The van der Waals surface area contributed by atoms with Crippen molar-refractivity contribution >= 4 is 22.4 Å². The summed E-state index contributed by atoms with van der Waals surface area (Å²) in [5, 5.41) is 11.5. The van der Waals surface area contributed by atoms with Gasteiger partial charge in [-0.15, -0.1) is 0 Å². The molecule has 0 aliphatic rings. The predicted molar refractivity (Wildman–Crippen MR) is 98.6 cm³/mol. The number of phenolic OH excluding ortho intramolecular Hbond substituents is 1. The second kappa shape index (κ2) is 7.85. The van der Waals surface area contributed by atoms with Crippen LogP contribution in [0.1, 0.15) is 15.9 Å². The molecule has 1 amide bonds. The molecule has 0 spiro atoms. The largest absolute Gasteiger partial charge is 0.508 e. The van der Waals surface area contributed by atoms with Gasteiger partial charge in [0.1, 0.15) is 5.75 Å². The number of carbonyl (C=O) groups excluding carboxylic acids is 1. The third-order valence-electron chi connectivity index (χ3n) is 3.86. The molecule has 0 aliphatic carbocycles. The minimum Gasteiger partial charge on any atom is -0.508 e. The number of para-hydroxylation sites is 1. The number of hydrogen-bond acceptors (Lipinski definition) is 3. The summed E-state index contributed by atoms with van der Waals surface area (Å²) in [6, 6.07) is 16.3. The van der Waals surface area contributed by atoms with Gasteiger partial charge in [-0.2, -0.15) is 13.2 Å². The maximum atomic E-state index is 13.0. The van der Waals surface area contributed by atoms with Gasteiger partial charge in [-0.1, -0.05) is 12.1 Å². The maximum absolute atomic E-state index is 13.0. The lowest BCUT2D eigenvalue weighted by Gasteiger charge is -2.13. The van der Waals surface area contributed by atoms with E-state index in [1.807, 2.05) is 0 Å². The molecule has 1 unspecified atom stereocenters. The van der Waals surface area contributed by atoms with Crippen LogP contribution < -0.4 is 5.32 Å². The molecule has 3 aromatic rings. The predicted octanol–water partition coefficient (Wildman–Crippen LogP) is 4.83. The molecule has 0 saturated heterocycles. The summed E-state index contributed by atoms with van der Waals surface area (Å²) < 4.78 is 51.6. The Morgan fingerprint density at radius 2 is 1.39 bits per heavy atom. The van der Waals surface area contributed by atoms with Crippen molar-refractivity contribution < 1.29 is 27.3 Å². The number of halogens is 3. The summed E-state index contributed by atoms with van der Waals surface area (Å²) >= 11 is 0. The second-order valence-corrected chi connectivity index (χ2v) is 7.26. The summed E-state index contributed by atoms with van der Waals surface area (Å²) in [6.45, 7) is 0. The highest BCUT2D eigenvalue weighted by atomic mass is 32.2. The smallest absolute Gasteiger partial charge is 0.418 e. The summed E-state index contributed by atoms with van der Waals surface area (Å²) in [7, 11) is -1.52. The quantitative estimate of drug-likeness (QED) is 0.653. The fraction of sp³-hybridized carbons (Fsp3) is 0.0500. The molecule has 1 atom stereocenters. The number of anilines is 1. The summed E-state index contributed by atoms with van der Waals surface area (Å²) in [5.41, 5.74) is -1.14. The Labute approximate surface area is 161 Å². The molecule has 28 heavy (non-hydrogen) atoms. The average Bonchev–Trinajstić information content (AvgIpc) is 2.68. The van der Waals surface area contributed by atoms with E-state index in [9.17, 15) is 27.3 Å². The number of alkyl halides is 3. The molecule has 3 rings (SSSR count). The highest BCUT2D eigenvalue weighted by molar-refractivity contribution is 7.85. The Hall–Kier alpha value is -3.13. The van der Waals surface area contributed by atoms with E-state index in [-0.39, 0.29) is 17.0 Å². The van der Waals surface area contributed by atoms with Gasteiger partial charge >= 0.3 is 6.18 Å². The highest BCUT2D eigenvalue weighted by Gasteiger charge is 2.33. The van der Waals surface area contributed by atoms with Crippen molar-refractivity contribution in [2.75, 3.05) is 5.32 Å². The van der Waals surface area contributed by atoms with Crippen LogP contribution in [0.3, 0.4) is 0 Å². The molecule has 8 heteroatoms. The van der Waals surface area contributed by atoms with E-state index in [0.717, 1.165) is 6.07 Å². The third kappa shape index (κ3) is 4.40. The van der Waals surface area contributed by atoms with Crippen molar-refractivity contribution in [1.29, 1.82) is 0 Å². The van der Waals surface area contributed by atoms with Gasteiger partial charge in [0.15, 0.2) is 0 Å². The van der Waals surface area contributed by atoms with Gasteiger partial charge in [-0.3, -0.25) is 4.79 Å². The highest BCUT2D eigenvalue weighted by Crippen LogP contribution is 2.34. The zero-order valence-electron chi connectivity index (χ0n) is 14.2. The fourth-order valence-electron chi connectivity index (χ4n) is 2.47. The number of nitrogens with one attached hydrogen (secondary N) is 1. The van der Waals surface area contributed by atoms with Crippen LogP contribution in [0.4, 0.5) is 18.9 Å². The lowest BCUT2D eigenvalue weighted by atomic mass is 10.1. The molecule has 0 aliphatic heterocycles. The molecule has 144 valence electrons. The Morgan fingerprint density at radius 3 is 1.96 bits per heavy atom. The van der Waals surface area contributed by atoms with Crippen molar-refractivity contribution in [2.24, 2.45) is 0 Å². The Bertz CT molecular complexity index is 1020. The average molecular weight is 405 g/mol. The molecule has 0 heterocycles. The monoisotopic (exact) mass is 405 g/mol. The molecule has 3 aromatic carbocycles. The van der Waals surface area contributed by atoms with Gasteiger partial charge < -0.3 is 10.4 Å². The van der Waals surface area contributed by atoms with Crippen LogP contribution in [0.2, 0.25) is 0 Å². The van der Waals surface area contributed by atoms with Crippen LogP contribution in [-0.2, 0) is 17.0 Å². The van der Waals surface area contributed by atoms with E-state index in [4.69, 9.17) is 0 Å². The number of phenols is 1. The summed E-state index contributed by atoms with van der Waals surface area (Å²) in [5.74, 6) is -0.662. The van der Waals surface area contributed by atoms with E-state index < -0.39 is 28.4 Å². The normalized spacial score (nSPS) is 12.4. The van der Waals surface area contributed by atoms with Crippen LogP contribution >= 0.6 is 0 Å². The molecule has 0 bridgehead atoms. The Kier molecular flexibility index (Phi) is 5.51. The van der Waals surface area contributed by atoms with Gasteiger partial charge in [0.25, 0.3) is 5.91 Å². The van der Waals surface area contributed by atoms with Gasteiger partial charge in [0, 0.05) is 15.4 Å². The van der Waals surface area contributed by atoms with Crippen molar-refractivity contribution in [3.05, 3.63) is 83.9 Å². The molecule has 0 saturated carbocycles. The van der Waals surface area contributed by atoms with Crippen LogP contribution in [0.25, 0.3) is 0 Å². The number of carbonyl (C=O) groups is 1. The van der Waals surface area contributed by atoms with Gasteiger partial charge in [-0.25, -0.2) is 4.21 Å². The molecule has 2 N–H and O–H groups in total. The molecule has 0 aromatic heterocycles. The first-order valence-electron chi connectivity index (χ1n) is 8.04. The lowest BCUT2D eigenvalue weighted by Crippen LogP contribution is -2.16. The number of rotatable bonds is 4. The molecule has 4 nitrogen and oxygen atoms in total. The molecule has 0 fully saturated rings. The van der Waals surface area contributed by atoms with E-state index in [1.54, 1.807) is 0 Å². The first-order chi connectivity index (χ1) is 13.3. The minimum atomic E-state index is -4.59. The number of amides is 1. The lowest BCUT2D eigenvalue weighted by molar-refractivity contribution is -0.136. The van der Waals surface area contributed by atoms with Crippen LogP contribution in [0.5, 0.6) is 5.75 Å². The molecular weight excluding hydrogens is 391 g/mol. The molecule has 0 radical (unpaired) electrons. The van der Waals surface area contributed by atoms with E-state index in [0.29, 0.717) is 9.79 Å². The number of aromatic hydroxyl groups is 1. The van der Waals surface area contributed by atoms with Crippen molar-refractivity contribution in [2.45, 2.75) is 16.0 Å². The van der Waals surface area contributed by atoms with Crippen LogP contribution in [-0.4, -0.2) is 15.2 Å². The van der Waals surface area contributed by atoms with Crippen LogP contribution in [0, 0.1) is 0 Å². The zero-order valence-corrected chi connectivity index (χ0v) is 15.1. The number of hydrogen-bond donors (Lipinski definition) is 2. The van der Waals surface area contributed by atoms with Gasteiger partial charge in [0.05, 0.1) is 22.1 Å². The maximum Gasteiger partial charge on any atom is 0.418 e. The first-order valence-corrected chi connectivity index (χ1v) is 9.19. The molecular formula is C20H14F3NO3S. The Balaban J connectivity index is 1.78.